The van der Waals surface area contributed by atoms with E-state index in [1.165, 1.54) is 16.7 Å². The number of carbonyl (C=O) groups excluding carboxylic acids is 4. The first-order valence-electron chi connectivity index (χ1n) is 19.3. The minimum Gasteiger partial charge on any atom is -0.497 e. The number of hydrogen-bond acceptors (Lipinski definition) is 11. The van der Waals surface area contributed by atoms with Crippen LogP contribution >= 0.6 is 11.8 Å². The average molecular weight is 820 g/mol. The summed E-state index contributed by atoms with van der Waals surface area (Å²) in [5.41, 5.74) is -0.839. The number of alkyl carbamates (subject to hydrolysis) is 1. The fourth-order valence-electron chi connectivity index (χ4n) is 7.27. The molecule has 2 aromatic carbocycles. The fraction of sp³-hybridized carbons (Fsp3) is 0.488. The molecule has 2 aliphatic heterocycles. The molecule has 2 aliphatic carbocycles. The molecule has 304 valence electrons. The zero-order valence-electron chi connectivity index (χ0n) is 32.5. The molecule has 14 nitrogen and oxygen atoms in total. The molecule has 2 saturated carbocycles. The van der Waals surface area contributed by atoms with Crippen LogP contribution in [0.3, 0.4) is 0 Å². The number of allylic oxidation sites excluding steroid dienone is 1. The number of amides is 4. The first-order chi connectivity index (χ1) is 27.2. The van der Waals surface area contributed by atoms with Crippen molar-refractivity contribution in [3.05, 3.63) is 66.7 Å². The number of fused-ring (bicyclic) bond motifs is 3. The molecule has 0 unspecified atom stereocenters. The second kappa shape index (κ2) is 16.2. The van der Waals surface area contributed by atoms with Crippen molar-refractivity contribution in [3.8, 4) is 22.9 Å². The van der Waals surface area contributed by atoms with Gasteiger partial charge in [0.05, 0.1) is 24.6 Å². The first-order valence-corrected chi connectivity index (χ1v) is 22.0. The van der Waals surface area contributed by atoms with Gasteiger partial charge in [0.25, 0.3) is 5.91 Å². The van der Waals surface area contributed by atoms with Crippen LogP contribution in [0.15, 0.2) is 66.7 Å². The van der Waals surface area contributed by atoms with Crippen LogP contribution in [0.4, 0.5) is 4.79 Å². The topological polar surface area (TPSA) is 182 Å². The lowest BCUT2D eigenvalue weighted by atomic mass is 10.1. The van der Waals surface area contributed by atoms with Crippen molar-refractivity contribution in [3.63, 3.8) is 0 Å². The predicted molar refractivity (Wildman–Crippen MR) is 216 cm³/mol. The first kappa shape index (κ1) is 40.4. The Morgan fingerprint density at radius 1 is 1.07 bits per heavy atom. The van der Waals surface area contributed by atoms with Gasteiger partial charge in [-0.1, -0.05) is 42.5 Å². The van der Waals surface area contributed by atoms with Gasteiger partial charge in [-0.25, -0.2) is 18.2 Å². The Bertz CT molecular complexity index is 2170. The number of nitrogens with zero attached hydrogens (tertiary/aromatic N) is 2. The third-order valence-corrected chi connectivity index (χ3v) is 13.4. The summed E-state index contributed by atoms with van der Waals surface area (Å²) < 4.78 is 45.7. The van der Waals surface area contributed by atoms with Crippen LogP contribution in [0.25, 0.3) is 22.0 Å². The maximum absolute atomic E-state index is 14.6. The fourth-order valence-corrected chi connectivity index (χ4v) is 9.63. The van der Waals surface area contributed by atoms with Crippen molar-refractivity contribution >= 4 is 56.4 Å². The van der Waals surface area contributed by atoms with E-state index in [0.29, 0.717) is 47.7 Å². The van der Waals surface area contributed by atoms with Crippen molar-refractivity contribution in [1.82, 2.24) is 25.2 Å². The number of rotatable bonds is 8. The molecule has 1 aromatic heterocycles. The Balaban J connectivity index is 1.23. The molecule has 0 radical (unpaired) electrons. The number of ether oxygens (including phenoxy) is 3. The van der Waals surface area contributed by atoms with Gasteiger partial charge in [-0.15, -0.1) is 0 Å². The monoisotopic (exact) mass is 819 g/mol. The molecule has 0 spiro atoms. The minimum atomic E-state index is -3.91. The largest absolute Gasteiger partial charge is 0.497 e. The summed E-state index contributed by atoms with van der Waals surface area (Å²) in [6.07, 6.45) is 4.86. The van der Waals surface area contributed by atoms with Crippen molar-refractivity contribution in [1.29, 1.82) is 0 Å². The van der Waals surface area contributed by atoms with Crippen LogP contribution in [0.5, 0.6) is 11.6 Å². The number of hydrogen-bond donors (Lipinski definition) is 3. The summed E-state index contributed by atoms with van der Waals surface area (Å²) in [7, 11) is -2.32. The van der Waals surface area contributed by atoms with Crippen LogP contribution in [0.1, 0.15) is 59.3 Å². The molecule has 4 amide bonds. The van der Waals surface area contributed by atoms with E-state index in [1.807, 2.05) is 60.7 Å². The number of pyridine rings is 1. The van der Waals surface area contributed by atoms with Gasteiger partial charge >= 0.3 is 6.09 Å². The van der Waals surface area contributed by atoms with Gasteiger partial charge < -0.3 is 29.7 Å². The summed E-state index contributed by atoms with van der Waals surface area (Å²) in [5.74, 6) is -0.561. The van der Waals surface area contributed by atoms with E-state index < -0.39 is 74.3 Å². The highest BCUT2D eigenvalue weighted by Crippen LogP contribution is 2.46. The standard InChI is InChI=1S/C41H49N5O9S2/c1-40(2,3)55-39(50)43-33-24-56-18-10-6-9-13-27-22-41(27,38(49)45-57(51,52)30-15-16-30)44-35(47)34-21-29(23-46(34)37(33)48)54-36-31-17-14-28(53-4)19-26(31)20-32(42-36)25-11-7-5-8-12-25/h5,7-9,11-14,17,19-20,27,29-30,33-34H,6,10,15-16,18,21-24H2,1-4H3,(H,43,50)(H,44,47)(H,45,49)/b13-9-/t27-,29-,33+,34+,41-/m1/s1. The number of methoxy groups -OCH3 is 1. The van der Waals surface area contributed by atoms with E-state index in [2.05, 4.69) is 15.4 Å². The van der Waals surface area contributed by atoms with E-state index in [1.54, 1.807) is 33.9 Å². The third kappa shape index (κ3) is 9.33. The number of benzene rings is 2. The van der Waals surface area contributed by atoms with Crippen LogP contribution in [0, 0.1) is 5.92 Å². The molecule has 16 heteroatoms. The van der Waals surface area contributed by atoms with Crippen molar-refractivity contribution in [2.45, 2.75) is 93.9 Å². The lowest BCUT2D eigenvalue weighted by molar-refractivity contribution is -0.140. The van der Waals surface area contributed by atoms with E-state index in [0.717, 1.165) is 17.4 Å². The number of nitrogens with one attached hydrogen (secondary N) is 3. The Morgan fingerprint density at radius 3 is 2.56 bits per heavy atom. The Labute approximate surface area is 336 Å². The van der Waals surface area contributed by atoms with E-state index in [-0.39, 0.29) is 25.1 Å². The number of thioether (sulfide) groups is 1. The smallest absolute Gasteiger partial charge is 0.408 e. The molecule has 0 bridgehead atoms. The van der Waals surface area contributed by atoms with Gasteiger partial charge in [0, 0.05) is 29.0 Å². The van der Waals surface area contributed by atoms with E-state index in [9.17, 15) is 27.6 Å². The number of carbonyl (C=O) groups is 4. The molecule has 3 aromatic rings. The second-order valence-electron chi connectivity index (χ2n) is 16.0. The highest BCUT2D eigenvalue weighted by molar-refractivity contribution is 7.99. The van der Waals surface area contributed by atoms with Crippen LogP contribution in [0.2, 0.25) is 0 Å². The van der Waals surface area contributed by atoms with Crippen molar-refractivity contribution in [2.24, 2.45) is 5.92 Å². The Morgan fingerprint density at radius 2 is 1.84 bits per heavy atom. The van der Waals surface area contributed by atoms with Crippen molar-refractivity contribution in [2.75, 3.05) is 25.2 Å². The third-order valence-electron chi connectivity index (χ3n) is 10.5. The van der Waals surface area contributed by atoms with Gasteiger partial charge in [0.2, 0.25) is 27.7 Å². The molecule has 3 heterocycles. The lowest BCUT2D eigenvalue weighted by Gasteiger charge is -2.30. The normalized spacial score (nSPS) is 26.1. The highest BCUT2D eigenvalue weighted by atomic mass is 32.2. The summed E-state index contributed by atoms with van der Waals surface area (Å²) in [6, 6.07) is 14.9. The molecule has 5 atom stereocenters. The second-order valence-corrected chi connectivity index (χ2v) is 19.1. The molecule has 7 rings (SSSR count). The Hall–Kier alpha value is -4.83. The molecule has 3 N–H and O–H groups in total. The van der Waals surface area contributed by atoms with Gasteiger partial charge in [-0.3, -0.25) is 19.1 Å². The molecular formula is C41H49N5O9S2. The molecule has 57 heavy (non-hydrogen) atoms. The zero-order valence-corrected chi connectivity index (χ0v) is 34.1. The summed E-state index contributed by atoms with van der Waals surface area (Å²) in [4.78, 5) is 62.3. The molecule has 4 aliphatic rings. The lowest BCUT2D eigenvalue weighted by Crippen LogP contribution is -2.58. The molecule has 3 fully saturated rings. The van der Waals surface area contributed by atoms with E-state index in [4.69, 9.17) is 19.2 Å². The van der Waals surface area contributed by atoms with Crippen LogP contribution in [-0.2, 0) is 29.1 Å². The van der Waals surface area contributed by atoms with Gasteiger partial charge in [0.1, 0.15) is 35.1 Å². The average Bonchev–Trinajstić information content (AvgIpc) is 4.09. The summed E-state index contributed by atoms with van der Waals surface area (Å²) >= 11 is 1.49. The predicted octanol–water partition coefficient (Wildman–Crippen LogP) is 4.72. The molecular weight excluding hydrogens is 771 g/mol. The van der Waals surface area contributed by atoms with Gasteiger partial charge in [-0.05, 0) is 88.3 Å². The van der Waals surface area contributed by atoms with Crippen molar-refractivity contribution < 1.29 is 41.8 Å². The maximum Gasteiger partial charge on any atom is 0.408 e. The zero-order chi connectivity index (χ0) is 40.5. The summed E-state index contributed by atoms with van der Waals surface area (Å²) in [5, 5.41) is 6.49. The molecule has 1 saturated heterocycles. The number of aromatic nitrogens is 1. The van der Waals surface area contributed by atoms with Gasteiger partial charge in [0.15, 0.2) is 0 Å². The minimum absolute atomic E-state index is 0.0251. The quantitative estimate of drug-likeness (QED) is 0.268. The SMILES string of the molecule is COc1ccc2c(O[C@@H]3C[C@H]4C(=O)N[C@]5(C(=O)NS(=O)(=O)C6CC6)C[C@H]5/C=C\CCCSC[C@H](NC(=O)OC(C)(C)C)C(=O)N4C3)nc(-c3ccccc3)cc2c1. The van der Waals surface area contributed by atoms with Crippen LogP contribution < -0.4 is 24.8 Å². The van der Waals surface area contributed by atoms with Crippen LogP contribution in [-0.4, -0.2) is 102 Å². The summed E-state index contributed by atoms with van der Waals surface area (Å²) in [6.45, 7) is 5.14. The van der Waals surface area contributed by atoms with Gasteiger partial charge in [-0.2, -0.15) is 11.8 Å². The highest BCUT2D eigenvalue weighted by Gasteiger charge is 2.62. The number of sulfonamides is 1. The van der Waals surface area contributed by atoms with E-state index >= 15 is 0 Å². The Kier molecular flexibility index (Phi) is 11.5. The maximum atomic E-state index is 14.6.